The highest BCUT2D eigenvalue weighted by Crippen LogP contribution is 2.33. The molecule has 0 fully saturated rings. The van der Waals surface area contributed by atoms with Crippen LogP contribution in [0.25, 0.3) is 0 Å². The zero-order chi connectivity index (χ0) is 13.4. The van der Waals surface area contributed by atoms with Crippen LogP contribution in [0.5, 0.6) is 0 Å². The molecule has 0 saturated carbocycles. The third kappa shape index (κ3) is 2.54. The fourth-order valence-corrected chi connectivity index (χ4v) is 4.26. The van der Waals surface area contributed by atoms with E-state index in [1.165, 1.54) is 11.1 Å². The van der Waals surface area contributed by atoms with Gasteiger partial charge in [0.1, 0.15) is 0 Å². The molecule has 0 saturated heterocycles. The molecule has 1 nitrogen and oxygen atoms in total. The second-order valence-electron chi connectivity index (χ2n) is 5.14. The van der Waals surface area contributed by atoms with Crippen LogP contribution in [0.4, 0.5) is 0 Å². The molecule has 1 aliphatic rings. The van der Waals surface area contributed by atoms with Crippen molar-refractivity contribution in [2.24, 2.45) is 5.92 Å². The Morgan fingerprint density at radius 1 is 1.32 bits per heavy atom. The van der Waals surface area contributed by atoms with Gasteiger partial charge in [-0.25, -0.2) is 0 Å². The zero-order valence-electron chi connectivity index (χ0n) is 10.8. The van der Waals surface area contributed by atoms with Crippen molar-refractivity contribution in [1.82, 2.24) is 0 Å². The number of halogens is 1. The molecule has 3 rings (SSSR count). The molecular formula is C16H15BrOS. The molecule has 0 aliphatic heterocycles. The quantitative estimate of drug-likeness (QED) is 0.720. The van der Waals surface area contributed by atoms with Gasteiger partial charge in [0.2, 0.25) is 0 Å². The number of fused-ring (bicyclic) bond motifs is 1. The van der Waals surface area contributed by atoms with E-state index in [0.29, 0.717) is 5.78 Å². The Kier molecular flexibility index (Phi) is 3.59. The number of ketones is 1. The first-order chi connectivity index (χ1) is 9.15. The van der Waals surface area contributed by atoms with Gasteiger partial charge in [0, 0.05) is 5.92 Å². The van der Waals surface area contributed by atoms with Crippen LogP contribution in [0.1, 0.15) is 32.8 Å². The third-order valence-electron chi connectivity index (χ3n) is 3.82. The molecule has 19 heavy (non-hydrogen) atoms. The highest BCUT2D eigenvalue weighted by Gasteiger charge is 2.26. The molecule has 0 bridgehead atoms. The van der Waals surface area contributed by atoms with Crippen LogP contribution in [-0.4, -0.2) is 5.78 Å². The van der Waals surface area contributed by atoms with Crippen molar-refractivity contribution in [3.63, 3.8) is 0 Å². The molecule has 0 radical (unpaired) electrons. The van der Waals surface area contributed by atoms with Crippen LogP contribution in [-0.2, 0) is 12.8 Å². The number of carbonyl (C=O) groups excluding carboxylic acids is 1. The van der Waals surface area contributed by atoms with Gasteiger partial charge in [0.25, 0.3) is 0 Å². The van der Waals surface area contributed by atoms with E-state index in [-0.39, 0.29) is 5.92 Å². The molecule has 0 amide bonds. The van der Waals surface area contributed by atoms with Gasteiger partial charge in [0.05, 0.1) is 8.66 Å². The molecule has 3 heteroatoms. The Labute approximate surface area is 125 Å². The monoisotopic (exact) mass is 334 g/mol. The molecule has 2 aromatic rings. The van der Waals surface area contributed by atoms with Crippen LogP contribution in [0, 0.1) is 12.8 Å². The maximum absolute atomic E-state index is 12.6. The van der Waals surface area contributed by atoms with Gasteiger partial charge in [-0.1, -0.05) is 24.3 Å². The molecule has 98 valence electrons. The Morgan fingerprint density at radius 2 is 2.05 bits per heavy atom. The predicted molar refractivity (Wildman–Crippen MR) is 83.0 cm³/mol. The largest absolute Gasteiger partial charge is 0.293 e. The number of Topliss-reactive ketones (excluding diaryl/α,β-unsaturated/α-hetero) is 1. The van der Waals surface area contributed by atoms with E-state index < -0.39 is 0 Å². The molecule has 1 aromatic heterocycles. The minimum Gasteiger partial charge on any atom is -0.293 e. The number of thiophene rings is 1. The number of aryl methyl sites for hydroxylation is 2. The lowest BCUT2D eigenvalue weighted by Crippen LogP contribution is -2.22. The van der Waals surface area contributed by atoms with E-state index in [1.807, 2.05) is 13.0 Å². The maximum atomic E-state index is 12.6. The molecule has 1 atom stereocenters. The number of hydrogen-bond acceptors (Lipinski definition) is 2. The standard InChI is InChI=1S/C16H15BrOS/c1-10-8-14(19-16(10)17)15(18)13-7-6-11-4-2-3-5-12(11)9-13/h2-5,8,13H,6-7,9H2,1H3. The summed E-state index contributed by atoms with van der Waals surface area (Å²) in [7, 11) is 0. The van der Waals surface area contributed by atoms with Crippen molar-refractivity contribution < 1.29 is 4.79 Å². The van der Waals surface area contributed by atoms with Crippen molar-refractivity contribution >= 4 is 33.0 Å². The van der Waals surface area contributed by atoms with Crippen LogP contribution in [0.3, 0.4) is 0 Å². The second kappa shape index (κ2) is 5.22. The summed E-state index contributed by atoms with van der Waals surface area (Å²) in [5.74, 6) is 0.466. The summed E-state index contributed by atoms with van der Waals surface area (Å²) in [6.45, 7) is 2.04. The van der Waals surface area contributed by atoms with E-state index in [0.717, 1.165) is 33.5 Å². The third-order valence-corrected chi connectivity index (χ3v) is 5.97. The van der Waals surface area contributed by atoms with Gasteiger partial charge in [-0.05, 0) is 64.9 Å². The zero-order valence-corrected chi connectivity index (χ0v) is 13.2. The van der Waals surface area contributed by atoms with Gasteiger partial charge < -0.3 is 0 Å². The fourth-order valence-electron chi connectivity index (χ4n) is 2.70. The second-order valence-corrected chi connectivity index (χ2v) is 7.51. The highest BCUT2D eigenvalue weighted by atomic mass is 79.9. The summed E-state index contributed by atoms with van der Waals surface area (Å²) in [4.78, 5) is 13.5. The van der Waals surface area contributed by atoms with E-state index in [9.17, 15) is 4.79 Å². The molecule has 1 heterocycles. The average Bonchev–Trinajstić information content (AvgIpc) is 2.77. The normalized spacial score (nSPS) is 18.1. The Bertz CT molecular complexity index is 610. The summed E-state index contributed by atoms with van der Waals surface area (Å²) < 4.78 is 1.08. The lowest BCUT2D eigenvalue weighted by Gasteiger charge is -2.23. The highest BCUT2D eigenvalue weighted by molar-refractivity contribution is 9.11. The summed E-state index contributed by atoms with van der Waals surface area (Å²) in [5, 5.41) is 0. The summed E-state index contributed by atoms with van der Waals surface area (Å²) in [5.41, 5.74) is 3.92. The summed E-state index contributed by atoms with van der Waals surface area (Å²) >= 11 is 5.06. The van der Waals surface area contributed by atoms with E-state index in [1.54, 1.807) is 11.3 Å². The lowest BCUT2D eigenvalue weighted by molar-refractivity contribution is 0.0913. The SMILES string of the molecule is Cc1cc(C(=O)C2CCc3ccccc3C2)sc1Br. The van der Waals surface area contributed by atoms with Gasteiger partial charge in [-0.2, -0.15) is 0 Å². The summed E-state index contributed by atoms with van der Waals surface area (Å²) in [6, 6.07) is 10.5. The minimum atomic E-state index is 0.153. The Morgan fingerprint density at radius 3 is 2.74 bits per heavy atom. The molecule has 1 aromatic carbocycles. The molecule has 0 N–H and O–H groups in total. The molecular weight excluding hydrogens is 320 g/mol. The molecule has 1 aliphatic carbocycles. The van der Waals surface area contributed by atoms with Crippen LogP contribution >= 0.6 is 27.3 Å². The van der Waals surface area contributed by atoms with Crippen molar-refractivity contribution in [3.8, 4) is 0 Å². The average molecular weight is 335 g/mol. The number of benzene rings is 1. The van der Waals surface area contributed by atoms with Crippen molar-refractivity contribution in [2.45, 2.75) is 26.2 Å². The first-order valence-electron chi connectivity index (χ1n) is 6.52. The Hall–Kier alpha value is -0.930. The number of hydrogen-bond donors (Lipinski definition) is 0. The minimum absolute atomic E-state index is 0.153. The smallest absolute Gasteiger partial charge is 0.176 e. The maximum Gasteiger partial charge on any atom is 0.176 e. The van der Waals surface area contributed by atoms with Crippen LogP contribution in [0.2, 0.25) is 0 Å². The van der Waals surface area contributed by atoms with Crippen molar-refractivity contribution in [2.75, 3.05) is 0 Å². The first kappa shape index (κ1) is 13.1. The van der Waals surface area contributed by atoms with Crippen LogP contribution in [0.15, 0.2) is 34.1 Å². The predicted octanol–water partition coefficient (Wildman–Crippen LogP) is 4.81. The van der Waals surface area contributed by atoms with E-state index in [4.69, 9.17) is 0 Å². The van der Waals surface area contributed by atoms with E-state index in [2.05, 4.69) is 40.2 Å². The number of rotatable bonds is 2. The summed E-state index contributed by atoms with van der Waals surface area (Å²) in [6.07, 6.45) is 2.89. The topological polar surface area (TPSA) is 17.1 Å². The van der Waals surface area contributed by atoms with Crippen molar-refractivity contribution in [1.29, 1.82) is 0 Å². The van der Waals surface area contributed by atoms with Crippen molar-refractivity contribution in [3.05, 3.63) is 55.7 Å². The fraction of sp³-hybridized carbons (Fsp3) is 0.312. The van der Waals surface area contributed by atoms with E-state index >= 15 is 0 Å². The Balaban J connectivity index is 1.83. The van der Waals surface area contributed by atoms with Gasteiger partial charge in [-0.15, -0.1) is 11.3 Å². The number of carbonyl (C=O) groups is 1. The van der Waals surface area contributed by atoms with Gasteiger partial charge in [-0.3, -0.25) is 4.79 Å². The molecule has 1 unspecified atom stereocenters. The van der Waals surface area contributed by atoms with Gasteiger partial charge in [0.15, 0.2) is 5.78 Å². The van der Waals surface area contributed by atoms with Crippen LogP contribution < -0.4 is 0 Å². The first-order valence-corrected chi connectivity index (χ1v) is 8.13. The lowest BCUT2D eigenvalue weighted by atomic mass is 9.81. The molecule has 0 spiro atoms. The van der Waals surface area contributed by atoms with Gasteiger partial charge >= 0.3 is 0 Å².